The lowest BCUT2D eigenvalue weighted by molar-refractivity contribution is 0.0952. The van der Waals surface area contributed by atoms with Gasteiger partial charge < -0.3 is 10.3 Å². The van der Waals surface area contributed by atoms with E-state index in [0.29, 0.717) is 12.1 Å². The van der Waals surface area contributed by atoms with Crippen molar-refractivity contribution >= 4 is 16.8 Å². The molecular formula is C19H17N5O. The SMILES string of the molecule is Cn1cc(-c2ncccc2CNC(=O)c2c[nH]c3ccccc23)cn1. The third-order valence-corrected chi connectivity index (χ3v) is 4.14. The summed E-state index contributed by atoms with van der Waals surface area (Å²) in [6.45, 7) is 0.399. The van der Waals surface area contributed by atoms with Crippen LogP contribution in [0, 0.1) is 0 Å². The number of amides is 1. The van der Waals surface area contributed by atoms with Crippen LogP contribution in [0.2, 0.25) is 0 Å². The Morgan fingerprint density at radius 2 is 2.12 bits per heavy atom. The van der Waals surface area contributed by atoms with Crippen molar-refractivity contribution in [1.82, 2.24) is 25.1 Å². The Bertz CT molecular complexity index is 1050. The highest BCUT2D eigenvalue weighted by molar-refractivity contribution is 6.06. The first-order valence-corrected chi connectivity index (χ1v) is 7.99. The molecule has 6 nitrogen and oxygen atoms in total. The molecule has 0 aliphatic rings. The van der Waals surface area contributed by atoms with Gasteiger partial charge in [0.25, 0.3) is 5.91 Å². The smallest absolute Gasteiger partial charge is 0.253 e. The van der Waals surface area contributed by atoms with Crippen LogP contribution in [-0.4, -0.2) is 25.7 Å². The number of benzene rings is 1. The molecule has 0 spiro atoms. The van der Waals surface area contributed by atoms with Crippen LogP contribution in [0.1, 0.15) is 15.9 Å². The summed E-state index contributed by atoms with van der Waals surface area (Å²) >= 11 is 0. The molecule has 3 heterocycles. The van der Waals surface area contributed by atoms with Gasteiger partial charge in [-0.15, -0.1) is 0 Å². The van der Waals surface area contributed by atoms with E-state index in [1.54, 1.807) is 23.3 Å². The Labute approximate surface area is 144 Å². The Hall–Kier alpha value is -3.41. The summed E-state index contributed by atoms with van der Waals surface area (Å²) in [5.41, 5.74) is 4.30. The second-order valence-electron chi connectivity index (χ2n) is 5.84. The number of aryl methyl sites for hydroxylation is 1. The highest BCUT2D eigenvalue weighted by atomic mass is 16.1. The number of nitrogens with one attached hydrogen (secondary N) is 2. The van der Waals surface area contributed by atoms with Crippen molar-refractivity contribution in [3.63, 3.8) is 0 Å². The summed E-state index contributed by atoms with van der Waals surface area (Å²) < 4.78 is 1.73. The fourth-order valence-corrected chi connectivity index (χ4v) is 2.91. The van der Waals surface area contributed by atoms with Crippen molar-refractivity contribution in [2.24, 2.45) is 7.05 Å². The molecule has 0 radical (unpaired) electrons. The van der Waals surface area contributed by atoms with Crippen LogP contribution in [0.4, 0.5) is 0 Å². The predicted molar refractivity (Wildman–Crippen MR) is 95.9 cm³/mol. The zero-order chi connectivity index (χ0) is 17.2. The second-order valence-corrected chi connectivity index (χ2v) is 5.84. The standard InChI is InChI=1S/C19H17N5O/c1-24-12-14(10-23-24)18-13(5-4-8-20-18)9-22-19(25)16-11-21-17-7-3-2-6-15(16)17/h2-8,10-12,21H,9H2,1H3,(H,22,25). The van der Waals surface area contributed by atoms with Gasteiger partial charge in [0.15, 0.2) is 0 Å². The van der Waals surface area contributed by atoms with E-state index in [0.717, 1.165) is 27.7 Å². The largest absolute Gasteiger partial charge is 0.360 e. The molecule has 6 heteroatoms. The Morgan fingerprint density at radius 3 is 2.96 bits per heavy atom. The van der Waals surface area contributed by atoms with Gasteiger partial charge in [0.05, 0.1) is 17.5 Å². The molecule has 1 amide bonds. The van der Waals surface area contributed by atoms with E-state index in [4.69, 9.17) is 0 Å². The molecule has 0 aliphatic carbocycles. The molecule has 3 aromatic heterocycles. The van der Waals surface area contributed by atoms with Gasteiger partial charge in [-0.2, -0.15) is 5.10 Å². The molecular weight excluding hydrogens is 314 g/mol. The number of carbonyl (C=O) groups excluding carboxylic acids is 1. The second kappa shape index (κ2) is 6.24. The van der Waals surface area contributed by atoms with E-state index in [1.165, 1.54) is 0 Å². The molecule has 0 saturated heterocycles. The molecule has 2 N–H and O–H groups in total. The first-order valence-electron chi connectivity index (χ1n) is 7.99. The first kappa shape index (κ1) is 15.1. The number of aromatic amines is 1. The molecule has 0 saturated carbocycles. The van der Waals surface area contributed by atoms with Gasteiger partial charge in [-0.3, -0.25) is 14.5 Å². The minimum absolute atomic E-state index is 0.113. The van der Waals surface area contributed by atoms with Crippen molar-refractivity contribution in [2.75, 3.05) is 0 Å². The third-order valence-electron chi connectivity index (χ3n) is 4.14. The van der Waals surface area contributed by atoms with Crippen molar-refractivity contribution in [3.05, 3.63) is 72.3 Å². The Balaban J connectivity index is 1.57. The van der Waals surface area contributed by atoms with Gasteiger partial charge in [0, 0.05) is 48.6 Å². The van der Waals surface area contributed by atoms with Crippen molar-refractivity contribution in [1.29, 1.82) is 0 Å². The van der Waals surface area contributed by atoms with Crippen LogP contribution in [0.3, 0.4) is 0 Å². The van der Waals surface area contributed by atoms with Crippen molar-refractivity contribution < 1.29 is 4.79 Å². The zero-order valence-electron chi connectivity index (χ0n) is 13.7. The number of para-hydroxylation sites is 1. The molecule has 25 heavy (non-hydrogen) atoms. The van der Waals surface area contributed by atoms with Crippen LogP contribution < -0.4 is 5.32 Å². The summed E-state index contributed by atoms with van der Waals surface area (Å²) in [5, 5.41) is 8.09. The first-order chi connectivity index (χ1) is 12.2. The summed E-state index contributed by atoms with van der Waals surface area (Å²) in [6.07, 6.45) is 7.17. The van der Waals surface area contributed by atoms with Crippen LogP contribution in [0.25, 0.3) is 22.2 Å². The lowest BCUT2D eigenvalue weighted by Gasteiger charge is -2.08. The van der Waals surface area contributed by atoms with Gasteiger partial charge in [-0.05, 0) is 17.7 Å². The minimum Gasteiger partial charge on any atom is -0.360 e. The quantitative estimate of drug-likeness (QED) is 0.604. The lowest BCUT2D eigenvalue weighted by atomic mass is 10.1. The highest BCUT2D eigenvalue weighted by Gasteiger charge is 2.13. The van der Waals surface area contributed by atoms with Crippen LogP contribution in [0.15, 0.2) is 61.2 Å². The monoisotopic (exact) mass is 331 g/mol. The topological polar surface area (TPSA) is 75.6 Å². The normalized spacial score (nSPS) is 10.9. The van der Waals surface area contributed by atoms with E-state index < -0.39 is 0 Å². The number of aromatic nitrogens is 4. The number of carbonyl (C=O) groups is 1. The number of hydrogen-bond acceptors (Lipinski definition) is 3. The number of rotatable bonds is 4. The van der Waals surface area contributed by atoms with E-state index in [1.807, 2.05) is 49.6 Å². The maximum atomic E-state index is 12.6. The average molecular weight is 331 g/mol. The summed E-state index contributed by atoms with van der Waals surface area (Å²) in [6, 6.07) is 11.6. The molecule has 4 rings (SSSR count). The Morgan fingerprint density at radius 1 is 1.24 bits per heavy atom. The molecule has 0 aliphatic heterocycles. The number of hydrogen-bond donors (Lipinski definition) is 2. The molecule has 0 fully saturated rings. The fourth-order valence-electron chi connectivity index (χ4n) is 2.91. The van der Waals surface area contributed by atoms with Crippen LogP contribution in [-0.2, 0) is 13.6 Å². The van der Waals surface area contributed by atoms with Gasteiger partial charge in [0.1, 0.15) is 0 Å². The van der Waals surface area contributed by atoms with Crippen molar-refractivity contribution in [2.45, 2.75) is 6.54 Å². The van der Waals surface area contributed by atoms with Gasteiger partial charge in [-0.25, -0.2) is 0 Å². The fraction of sp³-hybridized carbons (Fsp3) is 0.105. The predicted octanol–water partition coefficient (Wildman–Crippen LogP) is 2.89. The Kier molecular flexibility index (Phi) is 3.78. The third kappa shape index (κ3) is 2.89. The number of pyridine rings is 1. The van der Waals surface area contributed by atoms with Gasteiger partial charge in [-0.1, -0.05) is 24.3 Å². The maximum absolute atomic E-state index is 12.6. The lowest BCUT2D eigenvalue weighted by Crippen LogP contribution is -2.23. The zero-order valence-corrected chi connectivity index (χ0v) is 13.7. The maximum Gasteiger partial charge on any atom is 0.253 e. The number of H-pyrrole nitrogens is 1. The van der Waals surface area contributed by atoms with Crippen LogP contribution in [0.5, 0.6) is 0 Å². The highest BCUT2D eigenvalue weighted by Crippen LogP contribution is 2.21. The van der Waals surface area contributed by atoms with E-state index in [-0.39, 0.29) is 5.91 Å². The van der Waals surface area contributed by atoms with E-state index in [2.05, 4.69) is 20.4 Å². The molecule has 0 atom stereocenters. The average Bonchev–Trinajstić information content (AvgIpc) is 3.26. The number of fused-ring (bicyclic) bond motifs is 1. The van der Waals surface area contributed by atoms with Gasteiger partial charge in [0.2, 0.25) is 0 Å². The molecule has 0 unspecified atom stereocenters. The summed E-state index contributed by atoms with van der Waals surface area (Å²) in [7, 11) is 1.87. The molecule has 0 bridgehead atoms. The summed E-state index contributed by atoms with van der Waals surface area (Å²) in [5.74, 6) is -0.113. The van der Waals surface area contributed by atoms with E-state index in [9.17, 15) is 4.79 Å². The number of nitrogens with zero attached hydrogens (tertiary/aromatic N) is 3. The minimum atomic E-state index is -0.113. The van der Waals surface area contributed by atoms with Crippen LogP contribution >= 0.6 is 0 Å². The molecule has 1 aromatic carbocycles. The van der Waals surface area contributed by atoms with Crippen molar-refractivity contribution in [3.8, 4) is 11.3 Å². The molecule has 4 aromatic rings. The molecule has 124 valence electrons. The van der Waals surface area contributed by atoms with Gasteiger partial charge >= 0.3 is 0 Å². The van der Waals surface area contributed by atoms with E-state index >= 15 is 0 Å². The summed E-state index contributed by atoms with van der Waals surface area (Å²) in [4.78, 5) is 20.1.